The lowest BCUT2D eigenvalue weighted by molar-refractivity contribution is -0.267. The topological polar surface area (TPSA) is 84.2 Å². The Morgan fingerprint density at radius 3 is 2.65 bits per heavy atom. The molecule has 2 aliphatic heterocycles. The number of nitrogens with two attached hydrogens (primary N) is 1. The van der Waals surface area contributed by atoms with Crippen LogP contribution in [0.1, 0.15) is 0 Å². The molecule has 0 bridgehead atoms. The van der Waals surface area contributed by atoms with Crippen LogP contribution in [0.5, 0.6) is 11.5 Å². The fourth-order valence-corrected chi connectivity index (χ4v) is 3.10. The van der Waals surface area contributed by atoms with E-state index in [1.165, 1.54) is 0 Å². The number of fused-ring (bicyclic) bond motifs is 2. The van der Waals surface area contributed by atoms with Crippen LogP contribution < -0.4 is 20.5 Å². The molecule has 3 N–H and O–H groups in total. The monoisotopic (exact) mass is 340 g/mol. The summed E-state index contributed by atoms with van der Waals surface area (Å²) in [6.45, 7) is 0.327. The van der Waals surface area contributed by atoms with Gasteiger partial charge in [0, 0.05) is 14.2 Å². The van der Waals surface area contributed by atoms with Crippen LogP contribution in [-0.2, 0) is 14.2 Å². The van der Waals surface area contributed by atoms with E-state index in [0.29, 0.717) is 18.1 Å². The lowest BCUT2D eigenvalue weighted by Crippen LogP contribution is -2.67. The highest BCUT2D eigenvalue weighted by Gasteiger charge is 2.49. The second kappa shape index (κ2) is 6.88. The molecule has 2 heterocycles. The molecule has 0 amide bonds. The van der Waals surface area contributed by atoms with Crippen molar-refractivity contribution in [1.82, 2.24) is 5.32 Å². The molecule has 126 valence electrons. The normalized spacial score (nSPS) is 32.5. The molecule has 1 saturated heterocycles. The summed E-state index contributed by atoms with van der Waals surface area (Å²) in [6.07, 6.45) is -1.77. The minimum absolute atomic E-state index is 0.162. The van der Waals surface area contributed by atoms with Crippen LogP contribution in [0.4, 0.5) is 0 Å². The summed E-state index contributed by atoms with van der Waals surface area (Å²) >= 11 is 5.00. The molecule has 1 aromatic rings. The van der Waals surface area contributed by atoms with Crippen molar-refractivity contribution in [3.8, 4) is 11.5 Å². The standard InChI is InChI=1S/C15H20N2O5S/c1-18-13-11(17-15(16)23)12-10(22-14(13)19-2)7-20-8-5-3-4-6-9(8)21-12/h3-6,10-14H,7H2,1-2H3,(H3,16,17,23)/t10-,11-,12+,13-,14+/m1/s1. The Bertz CT molecular complexity index is 573. The fraction of sp³-hybridized carbons (Fsp3) is 0.533. The average Bonchev–Trinajstić information content (AvgIpc) is 2.73. The Hall–Kier alpha value is -1.61. The zero-order chi connectivity index (χ0) is 16.4. The fourth-order valence-electron chi connectivity index (χ4n) is 2.96. The first-order valence-electron chi connectivity index (χ1n) is 7.29. The second-order valence-corrected chi connectivity index (χ2v) is 5.79. The molecule has 7 nitrogen and oxygen atoms in total. The first-order valence-corrected chi connectivity index (χ1v) is 7.70. The van der Waals surface area contributed by atoms with Crippen molar-refractivity contribution in [2.75, 3.05) is 20.8 Å². The van der Waals surface area contributed by atoms with Crippen LogP contribution in [0.2, 0.25) is 0 Å². The van der Waals surface area contributed by atoms with Gasteiger partial charge in [-0.05, 0) is 24.4 Å². The summed E-state index contributed by atoms with van der Waals surface area (Å²) in [4.78, 5) is 0. The third-order valence-corrected chi connectivity index (χ3v) is 4.10. The summed E-state index contributed by atoms with van der Waals surface area (Å²) in [5, 5.41) is 3.21. The van der Waals surface area contributed by atoms with E-state index < -0.39 is 18.5 Å². The molecule has 0 unspecified atom stereocenters. The van der Waals surface area contributed by atoms with E-state index in [0.717, 1.165) is 0 Å². The number of ether oxygens (including phenoxy) is 5. The van der Waals surface area contributed by atoms with Crippen molar-refractivity contribution in [2.45, 2.75) is 30.6 Å². The van der Waals surface area contributed by atoms with Crippen molar-refractivity contribution in [1.29, 1.82) is 0 Å². The molecule has 0 spiro atoms. The molecule has 5 atom stereocenters. The summed E-state index contributed by atoms with van der Waals surface area (Å²) < 4.78 is 28.8. The van der Waals surface area contributed by atoms with Crippen molar-refractivity contribution >= 4 is 17.3 Å². The Kier molecular flexibility index (Phi) is 4.86. The highest BCUT2D eigenvalue weighted by molar-refractivity contribution is 7.80. The van der Waals surface area contributed by atoms with Gasteiger partial charge in [-0.15, -0.1) is 0 Å². The summed E-state index contributed by atoms with van der Waals surface area (Å²) in [5.41, 5.74) is 5.68. The van der Waals surface area contributed by atoms with Crippen LogP contribution >= 0.6 is 12.2 Å². The maximum Gasteiger partial charge on any atom is 0.186 e. The van der Waals surface area contributed by atoms with Crippen LogP contribution in [0, 0.1) is 0 Å². The molecular formula is C15H20N2O5S. The number of hydrogen-bond donors (Lipinski definition) is 2. The minimum atomic E-state index is -0.582. The smallest absolute Gasteiger partial charge is 0.186 e. The Labute approximate surface area is 140 Å². The maximum absolute atomic E-state index is 6.14. The van der Waals surface area contributed by atoms with Crippen LogP contribution in [-0.4, -0.2) is 56.6 Å². The second-order valence-electron chi connectivity index (χ2n) is 5.35. The third kappa shape index (κ3) is 3.20. The molecule has 3 rings (SSSR count). The number of hydrogen-bond acceptors (Lipinski definition) is 6. The number of rotatable bonds is 3. The van der Waals surface area contributed by atoms with E-state index in [1.807, 2.05) is 24.3 Å². The first-order chi connectivity index (χ1) is 11.1. The zero-order valence-corrected chi connectivity index (χ0v) is 13.7. The third-order valence-electron chi connectivity index (χ3n) is 3.98. The lowest BCUT2D eigenvalue weighted by Gasteiger charge is -2.44. The predicted octanol–water partition coefficient (Wildman–Crippen LogP) is 0.415. The minimum Gasteiger partial charge on any atom is -0.487 e. The Balaban J connectivity index is 1.93. The molecule has 0 radical (unpaired) electrons. The Morgan fingerprint density at radius 1 is 1.26 bits per heavy atom. The van der Waals surface area contributed by atoms with Gasteiger partial charge in [0.1, 0.15) is 18.8 Å². The molecular weight excluding hydrogens is 320 g/mol. The molecule has 0 saturated carbocycles. The van der Waals surface area contributed by atoms with Gasteiger partial charge in [0.15, 0.2) is 29.0 Å². The quantitative estimate of drug-likeness (QED) is 0.766. The molecule has 0 aromatic heterocycles. The van der Waals surface area contributed by atoms with Crippen molar-refractivity contribution in [2.24, 2.45) is 5.73 Å². The van der Waals surface area contributed by atoms with E-state index >= 15 is 0 Å². The number of thiocarbonyl (C=S) groups is 1. The number of para-hydroxylation sites is 2. The van der Waals surface area contributed by atoms with Gasteiger partial charge in [-0.25, -0.2) is 0 Å². The van der Waals surface area contributed by atoms with Crippen LogP contribution in [0.3, 0.4) is 0 Å². The Morgan fingerprint density at radius 2 is 2.00 bits per heavy atom. The lowest BCUT2D eigenvalue weighted by atomic mass is 9.96. The summed E-state index contributed by atoms with van der Waals surface area (Å²) in [6, 6.07) is 7.13. The SMILES string of the molecule is CO[C@H]1O[C@@H]2COc3ccccc3O[C@@H]2[C@@H](NC(N)=S)[C@H]1OC. The highest BCUT2D eigenvalue weighted by Crippen LogP contribution is 2.35. The van der Waals surface area contributed by atoms with Gasteiger partial charge in [0.25, 0.3) is 0 Å². The summed E-state index contributed by atoms with van der Waals surface area (Å²) in [7, 11) is 3.14. The van der Waals surface area contributed by atoms with E-state index in [9.17, 15) is 0 Å². The van der Waals surface area contributed by atoms with E-state index in [4.69, 9.17) is 41.6 Å². The van der Waals surface area contributed by atoms with Crippen LogP contribution in [0.15, 0.2) is 24.3 Å². The van der Waals surface area contributed by atoms with Crippen LogP contribution in [0.25, 0.3) is 0 Å². The molecule has 23 heavy (non-hydrogen) atoms. The average molecular weight is 340 g/mol. The predicted molar refractivity (Wildman–Crippen MR) is 86.5 cm³/mol. The van der Waals surface area contributed by atoms with Gasteiger partial charge in [0.2, 0.25) is 0 Å². The van der Waals surface area contributed by atoms with E-state index in [1.54, 1.807) is 14.2 Å². The van der Waals surface area contributed by atoms with E-state index in [2.05, 4.69) is 5.32 Å². The van der Waals surface area contributed by atoms with Crippen molar-refractivity contribution in [3.05, 3.63) is 24.3 Å². The van der Waals surface area contributed by atoms with Gasteiger partial charge in [0.05, 0.1) is 6.04 Å². The molecule has 8 heteroatoms. The summed E-state index contributed by atoms with van der Waals surface area (Å²) in [5.74, 6) is 1.31. The largest absolute Gasteiger partial charge is 0.487 e. The molecule has 1 aromatic carbocycles. The van der Waals surface area contributed by atoms with Gasteiger partial charge >= 0.3 is 0 Å². The zero-order valence-electron chi connectivity index (χ0n) is 12.9. The molecule has 1 fully saturated rings. The maximum atomic E-state index is 6.14. The highest BCUT2D eigenvalue weighted by atomic mass is 32.1. The first kappa shape index (κ1) is 16.3. The number of nitrogens with one attached hydrogen (secondary N) is 1. The van der Waals surface area contributed by atoms with Gasteiger partial charge in [-0.1, -0.05) is 12.1 Å². The van der Waals surface area contributed by atoms with Gasteiger partial charge in [-0.3, -0.25) is 0 Å². The van der Waals surface area contributed by atoms with Gasteiger partial charge in [-0.2, -0.15) is 0 Å². The number of methoxy groups -OCH3 is 2. The van der Waals surface area contributed by atoms with Crippen molar-refractivity contribution < 1.29 is 23.7 Å². The van der Waals surface area contributed by atoms with E-state index in [-0.39, 0.29) is 17.3 Å². The molecule has 2 aliphatic rings. The van der Waals surface area contributed by atoms with Gasteiger partial charge < -0.3 is 34.7 Å². The van der Waals surface area contributed by atoms with Crippen molar-refractivity contribution in [3.63, 3.8) is 0 Å². The number of benzene rings is 1. The molecule has 0 aliphatic carbocycles.